The van der Waals surface area contributed by atoms with E-state index < -0.39 is 6.23 Å². The first kappa shape index (κ1) is 20.1. The van der Waals surface area contributed by atoms with E-state index >= 15 is 0 Å². The lowest BCUT2D eigenvalue weighted by atomic mass is 9.98. The second-order valence-electron chi connectivity index (χ2n) is 6.94. The van der Waals surface area contributed by atoms with Gasteiger partial charge in [0.15, 0.2) is 6.23 Å². The third kappa shape index (κ3) is 5.38. The fraction of sp³-hybridized carbons (Fsp3) is 0.600. The van der Waals surface area contributed by atoms with Crippen molar-refractivity contribution in [3.8, 4) is 5.75 Å². The number of rotatable bonds is 6. The van der Waals surface area contributed by atoms with Gasteiger partial charge in [0.2, 0.25) is 0 Å². The lowest BCUT2D eigenvalue weighted by molar-refractivity contribution is -0.149. The summed E-state index contributed by atoms with van der Waals surface area (Å²) in [6.45, 7) is 9.20. The summed E-state index contributed by atoms with van der Waals surface area (Å²) >= 11 is 0. The number of nitrogens with one attached hydrogen (secondary N) is 1. The smallest absolute Gasteiger partial charge is 0.320 e. The van der Waals surface area contributed by atoms with E-state index in [9.17, 15) is 9.59 Å². The first-order valence-electron chi connectivity index (χ1n) is 9.40. The zero-order chi connectivity index (χ0) is 19.1. The van der Waals surface area contributed by atoms with Gasteiger partial charge >= 0.3 is 12.0 Å². The highest BCUT2D eigenvalue weighted by molar-refractivity contribution is 5.77. The standard InChI is InChI=1S/C20H30N2O4/c1-5-25-19(23)16-9-8-12-22(13-16)20(24)21-15(4)26-18-11-7-6-10-17(18)14(2)3/h6-7,10-11,14-16H,5,8-9,12-13H2,1-4H3,(H,21,24). The molecule has 1 aliphatic rings. The van der Waals surface area contributed by atoms with Gasteiger partial charge in [-0.3, -0.25) is 4.79 Å². The monoisotopic (exact) mass is 362 g/mol. The third-order valence-electron chi connectivity index (χ3n) is 4.50. The van der Waals surface area contributed by atoms with Gasteiger partial charge in [-0.05, 0) is 44.2 Å². The van der Waals surface area contributed by atoms with Crippen LogP contribution in [0.2, 0.25) is 0 Å². The van der Waals surface area contributed by atoms with Crippen LogP contribution in [0.5, 0.6) is 5.75 Å². The van der Waals surface area contributed by atoms with E-state index in [4.69, 9.17) is 9.47 Å². The van der Waals surface area contributed by atoms with Gasteiger partial charge in [-0.2, -0.15) is 0 Å². The zero-order valence-electron chi connectivity index (χ0n) is 16.2. The Kier molecular flexibility index (Phi) is 7.30. The van der Waals surface area contributed by atoms with Crippen molar-refractivity contribution in [3.05, 3.63) is 29.8 Å². The number of ether oxygens (including phenoxy) is 2. The van der Waals surface area contributed by atoms with E-state index in [1.165, 1.54) is 0 Å². The Morgan fingerprint density at radius 3 is 2.69 bits per heavy atom. The molecule has 2 atom stereocenters. The van der Waals surface area contributed by atoms with Crippen molar-refractivity contribution < 1.29 is 19.1 Å². The molecule has 144 valence electrons. The molecule has 0 saturated carbocycles. The predicted octanol–water partition coefficient (Wildman–Crippen LogP) is 3.52. The van der Waals surface area contributed by atoms with Crippen LogP contribution in [0.1, 0.15) is 52.0 Å². The summed E-state index contributed by atoms with van der Waals surface area (Å²) in [5.41, 5.74) is 1.11. The SMILES string of the molecule is CCOC(=O)C1CCCN(C(=O)NC(C)Oc2ccccc2C(C)C)C1. The number of carbonyl (C=O) groups is 2. The first-order valence-corrected chi connectivity index (χ1v) is 9.40. The van der Waals surface area contributed by atoms with Crippen molar-refractivity contribution in [2.24, 2.45) is 5.92 Å². The van der Waals surface area contributed by atoms with Crippen LogP contribution in [0.25, 0.3) is 0 Å². The molecule has 2 rings (SSSR count). The predicted molar refractivity (Wildman–Crippen MR) is 100 cm³/mol. The van der Waals surface area contributed by atoms with Gasteiger partial charge in [0.05, 0.1) is 12.5 Å². The molecule has 1 aromatic rings. The molecule has 2 amide bonds. The van der Waals surface area contributed by atoms with Crippen LogP contribution in [0.15, 0.2) is 24.3 Å². The van der Waals surface area contributed by atoms with Crippen LogP contribution < -0.4 is 10.1 Å². The molecule has 6 nitrogen and oxygen atoms in total. The average molecular weight is 362 g/mol. The van der Waals surface area contributed by atoms with Crippen LogP contribution in [-0.2, 0) is 9.53 Å². The minimum Gasteiger partial charge on any atom is -0.471 e. The molecule has 1 aromatic carbocycles. The van der Waals surface area contributed by atoms with Crippen LogP contribution in [0.3, 0.4) is 0 Å². The first-order chi connectivity index (χ1) is 12.4. The summed E-state index contributed by atoms with van der Waals surface area (Å²) in [7, 11) is 0. The highest BCUT2D eigenvalue weighted by Gasteiger charge is 2.30. The molecule has 1 fully saturated rings. The third-order valence-corrected chi connectivity index (χ3v) is 4.50. The molecule has 1 heterocycles. The van der Waals surface area contributed by atoms with Crippen molar-refractivity contribution in [1.82, 2.24) is 10.2 Å². The van der Waals surface area contributed by atoms with Gasteiger partial charge in [0, 0.05) is 13.1 Å². The molecule has 0 aromatic heterocycles. The number of nitrogens with zero attached hydrogens (tertiary/aromatic N) is 1. The molecular weight excluding hydrogens is 332 g/mol. The van der Waals surface area contributed by atoms with Crippen molar-refractivity contribution in [1.29, 1.82) is 0 Å². The summed E-state index contributed by atoms with van der Waals surface area (Å²) < 4.78 is 11.0. The largest absolute Gasteiger partial charge is 0.471 e. The van der Waals surface area contributed by atoms with E-state index in [0.29, 0.717) is 25.6 Å². The molecule has 0 bridgehead atoms. The van der Waals surface area contributed by atoms with Crippen molar-refractivity contribution >= 4 is 12.0 Å². The number of esters is 1. The Hall–Kier alpha value is -2.24. The Labute approximate surface area is 155 Å². The Balaban J connectivity index is 1.91. The summed E-state index contributed by atoms with van der Waals surface area (Å²) in [5.74, 6) is 0.646. The van der Waals surface area contributed by atoms with Gasteiger partial charge in [-0.1, -0.05) is 32.0 Å². The second kappa shape index (κ2) is 9.46. The van der Waals surface area contributed by atoms with E-state index in [-0.39, 0.29) is 17.9 Å². The maximum Gasteiger partial charge on any atom is 0.320 e. The van der Waals surface area contributed by atoms with Gasteiger partial charge in [0.25, 0.3) is 0 Å². The number of hydrogen-bond donors (Lipinski definition) is 1. The maximum atomic E-state index is 12.5. The van der Waals surface area contributed by atoms with Crippen molar-refractivity contribution in [2.45, 2.75) is 52.7 Å². The van der Waals surface area contributed by atoms with Gasteiger partial charge in [0.1, 0.15) is 5.75 Å². The number of amides is 2. The van der Waals surface area contributed by atoms with E-state index in [1.807, 2.05) is 31.2 Å². The number of likely N-dealkylation sites (tertiary alicyclic amines) is 1. The summed E-state index contributed by atoms with van der Waals surface area (Å²) in [6, 6.07) is 7.63. The quantitative estimate of drug-likeness (QED) is 0.621. The molecule has 0 aliphatic carbocycles. The minimum absolute atomic E-state index is 0.214. The number of piperidine rings is 1. The van der Waals surface area contributed by atoms with Gasteiger partial charge < -0.3 is 19.7 Å². The topological polar surface area (TPSA) is 67.9 Å². The van der Waals surface area contributed by atoms with E-state index in [2.05, 4.69) is 19.2 Å². The molecule has 0 spiro atoms. The fourth-order valence-corrected chi connectivity index (χ4v) is 3.16. The van der Waals surface area contributed by atoms with E-state index in [0.717, 1.165) is 24.2 Å². The van der Waals surface area contributed by atoms with E-state index in [1.54, 1.807) is 11.8 Å². The lowest BCUT2D eigenvalue weighted by Gasteiger charge is -2.32. The number of hydrogen-bond acceptors (Lipinski definition) is 4. The van der Waals surface area contributed by atoms with Crippen LogP contribution in [0.4, 0.5) is 4.79 Å². The molecular formula is C20H30N2O4. The number of para-hydroxylation sites is 1. The van der Waals surface area contributed by atoms with Crippen LogP contribution in [0, 0.1) is 5.92 Å². The van der Waals surface area contributed by atoms with Crippen LogP contribution in [-0.4, -0.2) is 42.8 Å². The van der Waals surface area contributed by atoms with Crippen molar-refractivity contribution in [3.63, 3.8) is 0 Å². The number of benzene rings is 1. The minimum atomic E-state index is -0.467. The van der Waals surface area contributed by atoms with Gasteiger partial charge in [-0.25, -0.2) is 4.79 Å². The molecule has 1 saturated heterocycles. The highest BCUT2D eigenvalue weighted by atomic mass is 16.5. The normalized spacial score (nSPS) is 18.3. The number of carbonyl (C=O) groups excluding carboxylic acids is 2. The summed E-state index contributed by atoms with van der Waals surface area (Å²) in [4.78, 5) is 26.1. The van der Waals surface area contributed by atoms with Crippen molar-refractivity contribution in [2.75, 3.05) is 19.7 Å². The molecule has 26 heavy (non-hydrogen) atoms. The van der Waals surface area contributed by atoms with Crippen LogP contribution >= 0.6 is 0 Å². The Morgan fingerprint density at radius 2 is 2.00 bits per heavy atom. The average Bonchev–Trinajstić information content (AvgIpc) is 2.62. The molecule has 2 unspecified atom stereocenters. The highest BCUT2D eigenvalue weighted by Crippen LogP contribution is 2.26. The second-order valence-corrected chi connectivity index (χ2v) is 6.94. The molecule has 6 heteroatoms. The summed E-state index contributed by atoms with van der Waals surface area (Å²) in [5, 5.41) is 2.87. The van der Waals surface area contributed by atoms with Gasteiger partial charge in [-0.15, -0.1) is 0 Å². The fourth-order valence-electron chi connectivity index (χ4n) is 3.16. The Bertz CT molecular complexity index is 618. The molecule has 1 N–H and O–H groups in total. The summed E-state index contributed by atoms with van der Waals surface area (Å²) in [6.07, 6.45) is 1.09. The maximum absolute atomic E-state index is 12.5. The lowest BCUT2D eigenvalue weighted by Crippen LogP contribution is -2.50. The Morgan fingerprint density at radius 1 is 1.27 bits per heavy atom. The zero-order valence-corrected chi connectivity index (χ0v) is 16.2. The molecule has 1 aliphatic heterocycles. The number of urea groups is 1. The molecule has 0 radical (unpaired) electrons.